The van der Waals surface area contributed by atoms with Gasteiger partial charge < -0.3 is 9.47 Å². The molecule has 0 aliphatic carbocycles. The van der Waals surface area contributed by atoms with Crippen LogP contribution >= 0.6 is 0 Å². The highest BCUT2D eigenvalue weighted by Gasteiger charge is 2.33. The second-order valence-corrected chi connectivity index (χ2v) is 7.38. The lowest BCUT2D eigenvalue weighted by Gasteiger charge is -2.39. The molecule has 0 bridgehead atoms. The fourth-order valence-electron chi connectivity index (χ4n) is 3.91. The van der Waals surface area contributed by atoms with Gasteiger partial charge in [0.25, 0.3) is 0 Å². The zero-order valence-electron chi connectivity index (χ0n) is 14.0. The van der Waals surface area contributed by atoms with Gasteiger partial charge in [0.1, 0.15) is 5.82 Å². The second-order valence-electron chi connectivity index (χ2n) is 7.38. The van der Waals surface area contributed by atoms with Crippen LogP contribution in [0.2, 0.25) is 0 Å². The minimum Gasteiger partial charge on any atom is -0.339 e. The maximum atomic E-state index is 13.0. The summed E-state index contributed by atoms with van der Waals surface area (Å²) in [5.74, 6) is 2.35. The number of carbonyl (C=O) groups excluding carboxylic acids is 1. The van der Waals surface area contributed by atoms with E-state index in [-0.39, 0.29) is 5.92 Å². The Bertz CT molecular complexity index is 508. The Morgan fingerprint density at radius 1 is 1.32 bits per heavy atom. The highest BCUT2D eigenvalue weighted by molar-refractivity contribution is 5.79. The number of fused-ring (bicyclic) bond motifs is 1. The summed E-state index contributed by atoms with van der Waals surface area (Å²) in [6, 6.07) is 0.477. The van der Waals surface area contributed by atoms with Crippen molar-refractivity contribution in [2.45, 2.75) is 71.4 Å². The zero-order valence-corrected chi connectivity index (χ0v) is 14.0. The molecule has 2 atom stereocenters. The molecule has 22 heavy (non-hydrogen) atoms. The third-order valence-electron chi connectivity index (χ3n) is 5.29. The van der Waals surface area contributed by atoms with Crippen molar-refractivity contribution >= 4 is 5.91 Å². The first-order chi connectivity index (χ1) is 10.6. The van der Waals surface area contributed by atoms with Crippen LogP contribution in [0.3, 0.4) is 0 Å². The molecule has 1 fully saturated rings. The lowest BCUT2D eigenvalue weighted by Crippen LogP contribution is -2.47. The molecular weight excluding hydrogens is 274 g/mol. The number of aryl methyl sites for hydroxylation is 1. The number of piperidine rings is 1. The van der Waals surface area contributed by atoms with Crippen LogP contribution in [0.4, 0.5) is 0 Å². The van der Waals surface area contributed by atoms with Gasteiger partial charge in [-0.25, -0.2) is 4.98 Å². The summed E-state index contributed by atoms with van der Waals surface area (Å²) in [5.41, 5.74) is 0. The first kappa shape index (κ1) is 15.6. The second kappa shape index (κ2) is 6.84. The molecule has 0 radical (unpaired) electrons. The summed E-state index contributed by atoms with van der Waals surface area (Å²) in [7, 11) is 0. The van der Waals surface area contributed by atoms with Gasteiger partial charge in [0.2, 0.25) is 5.91 Å². The predicted molar refractivity (Wildman–Crippen MR) is 87.5 cm³/mol. The van der Waals surface area contributed by atoms with Crippen LogP contribution in [-0.2, 0) is 17.8 Å². The Morgan fingerprint density at radius 3 is 3.00 bits per heavy atom. The summed E-state index contributed by atoms with van der Waals surface area (Å²) in [5, 5.41) is 0. The molecule has 2 aliphatic rings. The average Bonchev–Trinajstić information content (AvgIpc) is 3.00. The van der Waals surface area contributed by atoms with E-state index in [0.29, 0.717) is 11.9 Å². The summed E-state index contributed by atoms with van der Waals surface area (Å²) >= 11 is 0. The van der Waals surface area contributed by atoms with Crippen molar-refractivity contribution in [2.75, 3.05) is 6.54 Å². The monoisotopic (exact) mass is 303 g/mol. The molecule has 4 heteroatoms. The van der Waals surface area contributed by atoms with Crippen molar-refractivity contribution in [1.82, 2.24) is 14.5 Å². The molecule has 3 rings (SSSR count). The van der Waals surface area contributed by atoms with E-state index < -0.39 is 0 Å². The SMILES string of the molecule is CC(C)CC[C@@H]1CCCCN1C(=O)[C@@H]1CCn2ccnc2C1. The number of likely N-dealkylation sites (tertiary alicyclic amines) is 1. The molecule has 1 aromatic rings. The molecule has 0 saturated carbocycles. The molecule has 0 N–H and O–H groups in total. The molecule has 0 unspecified atom stereocenters. The molecule has 2 aliphatic heterocycles. The van der Waals surface area contributed by atoms with Gasteiger partial charge in [0.15, 0.2) is 0 Å². The van der Waals surface area contributed by atoms with Gasteiger partial charge in [-0.2, -0.15) is 0 Å². The Kier molecular flexibility index (Phi) is 4.84. The number of rotatable bonds is 4. The van der Waals surface area contributed by atoms with Gasteiger partial charge in [0.05, 0.1) is 0 Å². The third kappa shape index (κ3) is 3.36. The van der Waals surface area contributed by atoms with Gasteiger partial charge in [-0.1, -0.05) is 13.8 Å². The average molecular weight is 303 g/mol. The first-order valence-electron chi connectivity index (χ1n) is 8.95. The van der Waals surface area contributed by atoms with Crippen LogP contribution in [0.15, 0.2) is 12.4 Å². The van der Waals surface area contributed by atoms with Gasteiger partial charge in [-0.3, -0.25) is 4.79 Å². The molecular formula is C18H29N3O. The quantitative estimate of drug-likeness (QED) is 0.856. The highest BCUT2D eigenvalue weighted by Crippen LogP contribution is 2.28. The molecule has 1 aromatic heterocycles. The minimum absolute atomic E-state index is 0.148. The first-order valence-corrected chi connectivity index (χ1v) is 8.95. The molecule has 0 aromatic carbocycles. The summed E-state index contributed by atoms with van der Waals surface area (Å²) in [6.07, 6.45) is 11.7. The van der Waals surface area contributed by atoms with Crippen LogP contribution in [0, 0.1) is 11.8 Å². The van der Waals surface area contributed by atoms with Gasteiger partial charge in [-0.15, -0.1) is 0 Å². The van der Waals surface area contributed by atoms with Crippen molar-refractivity contribution in [3.63, 3.8) is 0 Å². The Hall–Kier alpha value is -1.32. The number of hydrogen-bond acceptors (Lipinski definition) is 2. The van der Waals surface area contributed by atoms with E-state index in [9.17, 15) is 4.79 Å². The zero-order chi connectivity index (χ0) is 15.5. The Balaban J connectivity index is 1.64. The van der Waals surface area contributed by atoms with Gasteiger partial charge in [0, 0.05) is 43.9 Å². The van der Waals surface area contributed by atoms with Crippen LogP contribution in [0.25, 0.3) is 0 Å². The van der Waals surface area contributed by atoms with Crippen molar-refractivity contribution < 1.29 is 4.79 Å². The minimum atomic E-state index is 0.148. The smallest absolute Gasteiger partial charge is 0.226 e. The lowest BCUT2D eigenvalue weighted by atomic mass is 9.90. The van der Waals surface area contributed by atoms with E-state index in [1.165, 1.54) is 32.1 Å². The van der Waals surface area contributed by atoms with Crippen LogP contribution in [0.1, 0.15) is 58.2 Å². The van der Waals surface area contributed by atoms with Crippen LogP contribution < -0.4 is 0 Å². The molecule has 0 spiro atoms. The van der Waals surface area contributed by atoms with Gasteiger partial charge in [-0.05, 0) is 44.4 Å². The molecule has 4 nitrogen and oxygen atoms in total. The fourth-order valence-corrected chi connectivity index (χ4v) is 3.91. The van der Waals surface area contributed by atoms with E-state index in [2.05, 4.69) is 28.3 Å². The van der Waals surface area contributed by atoms with E-state index in [4.69, 9.17) is 0 Å². The standard InChI is InChI=1S/C18H29N3O/c1-14(2)6-7-16-5-3-4-10-21(16)18(22)15-8-11-20-12-9-19-17(20)13-15/h9,12,14-16H,3-8,10-11,13H2,1-2H3/t15-,16+/m1/s1. The molecule has 3 heterocycles. The Labute approximate surface area is 133 Å². The van der Waals surface area contributed by atoms with Gasteiger partial charge >= 0.3 is 0 Å². The molecule has 1 saturated heterocycles. The van der Waals surface area contributed by atoms with E-state index in [1.807, 2.05) is 12.4 Å². The number of nitrogens with zero attached hydrogens (tertiary/aromatic N) is 3. The van der Waals surface area contributed by atoms with Crippen molar-refractivity contribution in [1.29, 1.82) is 0 Å². The lowest BCUT2D eigenvalue weighted by molar-refractivity contribution is -0.140. The number of carbonyl (C=O) groups is 1. The number of amides is 1. The fraction of sp³-hybridized carbons (Fsp3) is 0.778. The van der Waals surface area contributed by atoms with Crippen molar-refractivity contribution in [3.05, 3.63) is 18.2 Å². The largest absolute Gasteiger partial charge is 0.339 e. The van der Waals surface area contributed by atoms with Crippen molar-refractivity contribution in [3.8, 4) is 0 Å². The third-order valence-corrected chi connectivity index (χ3v) is 5.29. The normalized spacial score (nSPS) is 25.3. The van der Waals surface area contributed by atoms with E-state index in [0.717, 1.165) is 37.7 Å². The molecule has 1 amide bonds. The van der Waals surface area contributed by atoms with Crippen molar-refractivity contribution in [2.24, 2.45) is 11.8 Å². The predicted octanol–water partition coefficient (Wildman–Crippen LogP) is 3.26. The topological polar surface area (TPSA) is 38.1 Å². The van der Waals surface area contributed by atoms with Crippen LogP contribution in [-0.4, -0.2) is 32.9 Å². The summed E-state index contributed by atoms with van der Waals surface area (Å²) in [6.45, 7) is 6.45. The maximum absolute atomic E-state index is 13.0. The Morgan fingerprint density at radius 2 is 2.18 bits per heavy atom. The summed E-state index contributed by atoms with van der Waals surface area (Å²) in [4.78, 5) is 19.7. The van der Waals surface area contributed by atoms with Crippen LogP contribution in [0.5, 0.6) is 0 Å². The maximum Gasteiger partial charge on any atom is 0.226 e. The molecule has 122 valence electrons. The highest BCUT2D eigenvalue weighted by atomic mass is 16.2. The van der Waals surface area contributed by atoms with E-state index in [1.54, 1.807) is 0 Å². The summed E-state index contributed by atoms with van der Waals surface area (Å²) < 4.78 is 2.19. The number of aromatic nitrogens is 2. The van der Waals surface area contributed by atoms with E-state index >= 15 is 0 Å². The number of imidazole rings is 1. The number of hydrogen-bond donors (Lipinski definition) is 0.